The van der Waals surface area contributed by atoms with Crippen LogP contribution in [0.15, 0.2) is 54.7 Å². The molecule has 1 aromatic heterocycles. The molecule has 1 amide bonds. The normalized spacial score (nSPS) is 12.1. The third kappa shape index (κ3) is 4.68. The zero-order chi connectivity index (χ0) is 19.2. The Balaban J connectivity index is 1.61. The van der Waals surface area contributed by atoms with Gasteiger partial charge in [-0.2, -0.15) is 0 Å². The van der Waals surface area contributed by atoms with Gasteiger partial charge in [0.2, 0.25) is 0 Å². The topological polar surface area (TPSA) is 63.5 Å². The number of carbonyl (C=O) groups excluding carboxylic acids is 1. The molecule has 0 aliphatic carbocycles. The van der Waals surface area contributed by atoms with Crippen LogP contribution < -0.4 is 10.2 Å². The van der Waals surface area contributed by atoms with Gasteiger partial charge in [0.1, 0.15) is 12.4 Å². The minimum Gasteiger partial charge on any atom is -0.492 e. The van der Waals surface area contributed by atoms with Crippen molar-refractivity contribution in [3.63, 3.8) is 0 Å². The number of nitrogens with zero attached hydrogens (tertiary/aromatic N) is 1. The van der Waals surface area contributed by atoms with E-state index in [2.05, 4.69) is 26.0 Å². The molecule has 142 valence electrons. The third-order valence-corrected chi connectivity index (χ3v) is 4.94. The van der Waals surface area contributed by atoms with Crippen LogP contribution >= 0.6 is 0 Å². The van der Waals surface area contributed by atoms with Crippen LogP contribution in [0.3, 0.4) is 0 Å². The van der Waals surface area contributed by atoms with Crippen molar-refractivity contribution in [1.29, 1.82) is 0 Å². The van der Waals surface area contributed by atoms with Gasteiger partial charge < -0.3 is 9.30 Å². The molecule has 0 bridgehead atoms. The highest BCUT2D eigenvalue weighted by molar-refractivity contribution is 5.97. The van der Waals surface area contributed by atoms with Gasteiger partial charge in [-0.25, -0.2) is 5.48 Å². The molecule has 0 spiro atoms. The van der Waals surface area contributed by atoms with Gasteiger partial charge in [0.25, 0.3) is 5.91 Å². The molecule has 1 heterocycles. The van der Waals surface area contributed by atoms with Crippen LogP contribution in [0.1, 0.15) is 36.2 Å². The highest BCUT2D eigenvalue weighted by atomic mass is 16.5. The maximum Gasteiger partial charge on any atom is 0.274 e. The summed E-state index contributed by atoms with van der Waals surface area (Å²) in [6, 6.07) is 15.6. The number of nitrogens with one attached hydrogen (secondary N) is 1. The lowest BCUT2D eigenvalue weighted by Crippen LogP contribution is -2.18. The summed E-state index contributed by atoms with van der Waals surface area (Å²) in [6.07, 6.45) is 4.25. The summed E-state index contributed by atoms with van der Waals surface area (Å²) in [7, 11) is 0. The van der Waals surface area contributed by atoms with E-state index in [0.29, 0.717) is 24.6 Å². The fourth-order valence-electron chi connectivity index (χ4n) is 3.12. The van der Waals surface area contributed by atoms with E-state index in [9.17, 15) is 4.79 Å². The Morgan fingerprint density at radius 2 is 1.96 bits per heavy atom. The molecule has 1 atom stereocenters. The van der Waals surface area contributed by atoms with Crippen molar-refractivity contribution in [2.24, 2.45) is 5.92 Å². The minimum atomic E-state index is -0.515. The second-order valence-corrected chi connectivity index (χ2v) is 6.93. The lowest BCUT2D eigenvalue weighted by molar-refractivity contribution is 0.0706. The van der Waals surface area contributed by atoms with Crippen LogP contribution in [-0.2, 0) is 13.0 Å². The first-order valence-corrected chi connectivity index (χ1v) is 9.35. The standard InChI is InChI=1S/C22H26N2O3/c1-3-16(2)14-17-4-8-20(9-5-17)27-13-12-24-11-10-18-6-7-19(15-21(18)24)22(25)23-26/h4-11,15-16,26H,3,12-14H2,1-2H3,(H,23,25). The van der Waals surface area contributed by atoms with E-state index in [1.165, 1.54) is 12.0 Å². The van der Waals surface area contributed by atoms with Crippen LogP contribution in [0.25, 0.3) is 10.9 Å². The number of carbonyl (C=O) groups is 1. The van der Waals surface area contributed by atoms with Gasteiger partial charge in [-0.15, -0.1) is 0 Å². The quantitative estimate of drug-likeness (QED) is 0.458. The summed E-state index contributed by atoms with van der Waals surface area (Å²) < 4.78 is 7.92. The number of hydroxylamine groups is 1. The van der Waals surface area contributed by atoms with E-state index in [1.807, 2.05) is 35.0 Å². The van der Waals surface area contributed by atoms with E-state index < -0.39 is 5.91 Å². The lowest BCUT2D eigenvalue weighted by Gasteiger charge is -2.11. The van der Waals surface area contributed by atoms with Gasteiger partial charge in [0.05, 0.1) is 6.54 Å². The molecule has 3 aromatic rings. The van der Waals surface area contributed by atoms with Gasteiger partial charge in [-0.05, 0) is 53.6 Å². The Hall–Kier alpha value is -2.79. The second kappa shape index (κ2) is 8.73. The lowest BCUT2D eigenvalue weighted by atomic mass is 9.99. The second-order valence-electron chi connectivity index (χ2n) is 6.93. The molecule has 0 saturated carbocycles. The van der Waals surface area contributed by atoms with Crippen molar-refractivity contribution in [3.05, 3.63) is 65.9 Å². The fraction of sp³-hybridized carbons (Fsp3) is 0.318. The molecule has 5 heteroatoms. The SMILES string of the molecule is CCC(C)Cc1ccc(OCCn2ccc3ccc(C(=O)NO)cc32)cc1. The molecule has 0 aliphatic heterocycles. The number of benzene rings is 2. The van der Waals surface area contributed by atoms with Crippen molar-refractivity contribution in [2.75, 3.05) is 6.61 Å². The Bertz CT molecular complexity index is 900. The fourth-order valence-corrected chi connectivity index (χ4v) is 3.12. The van der Waals surface area contributed by atoms with Gasteiger partial charge in [-0.1, -0.05) is 38.5 Å². The Morgan fingerprint density at radius 1 is 1.19 bits per heavy atom. The van der Waals surface area contributed by atoms with Crippen molar-refractivity contribution < 1.29 is 14.7 Å². The van der Waals surface area contributed by atoms with Crippen molar-refractivity contribution >= 4 is 16.8 Å². The highest BCUT2D eigenvalue weighted by Gasteiger charge is 2.08. The maximum atomic E-state index is 11.6. The summed E-state index contributed by atoms with van der Waals surface area (Å²) in [5.74, 6) is 1.04. The minimum absolute atomic E-state index is 0.419. The number of hydrogen-bond acceptors (Lipinski definition) is 3. The van der Waals surface area contributed by atoms with E-state index in [4.69, 9.17) is 9.94 Å². The first-order valence-electron chi connectivity index (χ1n) is 9.35. The molecule has 2 N–H and O–H groups in total. The number of amides is 1. The zero-order valence-corrected chi connectivity index (χ0v) is 15.8. The zero-order valence-electron chi connectivity index (χ0n) is 15.8. The smallest absolute Gasteiger partial charge is 0.274 e. The molecule has 27 heavy (non-hydrogen) atoms. The summed E-state index contributed by atoms with van der Waals surface area (Å²) in [5, 5.41) is 9.84. The summed E-state index contributed by atoms with van der Waals surface area (Å²) in [6.45, 7) is 5.68. The van der Waals surface area contributed by atoms with Crippen molar-refractivity contribution in [2.45, 2.75) is 33.2 Å². The first kappa shape index (κ1) is 19.0. The molecule has 0 saturated heterocycles. The summed E-state index contributed by atoms with van der Waals surface area (Å²) in [4.78, 5) is 11.6. The molecule has 3 rings (SSSR count). The monoisotopic (exact) mass is 366 g/mol. The van der Waals surface area contributed by atoms with Crippen LogP contribution in [0.2, 0.25) is 0 Å². The van der Waals surface area contributed by atoms with Crippen LogP contribution in [0, 0.1) is 5.92 Å². The third-order valence-electron chi connectivity index (χ3n) is 4.94. The number of hydrogen-bond donors (Lipinski definition) is 2. The van der Waals surface area contributed by atoms with E-state index in [1.54, 1.807) is 17.6 Å². The van der Waals surface area contributed by atoms with Gasteiger partial charge in [0.15, 0.2) is 0 Å². The van der Waals surface area contributed by atoms with Gasteiger partial charge in [-0.3, -0.25) is 10.0 Å². The number of rotatable bonds is 8. The molecule has 5 nitrogen and oxygen atoms in total. The molecule has 1 unspecified atom stereocenters. The largest absolute Gasteiger partial charge is 0.492 e. The van der Waals surface area contributed by atoms with Crippen LogP contribution in [0.4, 0.5) is 0 Å². The molecular weight excluding hydrogens is 340 g/mol. The molecule has 0 radical (unpaired) electrons. The molecule has 0 aliphatic rings. The van der Waals surface area contributed by atoms with Crippen molar-refractivity contribution in [3.8, 4) is 5.75 Å². The van der Waals surface area contributed by atoms with Gasteiger partial charge >= 0.3 is 0 Å². The Labute approximate surface area is 159 Å². The molecular formula is C22H26N2O3. The summed E-state index contributed by atoms with van der Waals surface area (Å²) >= 11 is 0. The average molecular weight is 366 g/mol. The molecule has 0 fully saturated rings. The van der Waals surface area contributed by atoms with Crippen molar-refractivity contribution in [1.82, 2.24) is 10.0 Å². The van der Waals surface area contributed by atoms with E-state index >= 15 is 0 Å². The van der Waals surface area contributed by atoms with Crippen LogP contribution in [-0.4, -0.2) is 22.3 Å². The highest BCUT2D eigenvalue weighted by Crippen LogP contribution is 2.19. The Morgan fingerprint density at radius 3 is 2.67 bits per heavy atom. The Kier molecular flexibility index (Phi) is 6.14. The van der Waals surface area contributed by atoms with Gasteiger partial charge in [0, 0.05) is 17.3 Å². The van der Waals surface area contributed by atoms with E-state index in [-0.39, 0.29) is 0 Å². The average Bonchev–Trinajstić information content (AvgIpc) is 3.11. The number of aromatic nitrogens is 1. The first-order chi connectivity index (χ1) is 13.1. The number of fused-ring (bicyclic) bond motifs is 1. The predicted molar refractivity (Wildman–Crippen MR) is 106 cm³/mol. The predicted octanol–water partition coefficient (Wildman–Crippen LogP) is 4.43. The van der Waals surface area contributed by atoms with Crippen LogP contribution in [0.5, 0.6) is 5.75 Å². The number of ether oxygens (including phenoxy) is 1. The molecule has 2 aromatic carbocycles. The summed E-state index contributed by atoms with van der Waals surface area (Å²) in [5.41, 5.74) is 4.36. The van der Waals surface area contributed by atoms with E-state index in [0.717, 1.165) is 23.1 Å². The maximum absolute atomic E-state index is 11.6.